The van der Waals surface area contributed by atoms with Crippen LogP contribution in [-0.4, -0.2) is 24.1 Å². The average molecular weight is 299 g/mol. The molecule has 1 aliphatic heterocycles. The zero-order valence-electron chi connectivity index (χ0n) is 11.6. The van der Waals surface area contributed by atoms with E-state index in [2.05, 4.69) is 22.0 Å². The number of rotatable bonds is 1. The lowest BCUT2D eigenvalue weighted by atomic mass is 10.0. The number of fused-ring (bicyclic) bond motifs is 3. The van der Waals surface area contributed by atoms with Crippen LogP contribution in [0.15, 0.2) is 34.4 Å². The van der Waals surface area contributed by atoms with Crippen LogP contribution in [-0.2, 0) is 0 Å². The largest absolute Gasteiger partial charge is 0.370 e. The number of hydrogen-bond acceptors (Lipinski definition) is 4. The molecule has 1 saturated heterocycles. The van der Waals surface area contributed by atoms with Crippen molar-refractivity contribution in [2.75, 3.05) is 18.0 Å². The molecule has 1 unspecified atom stereocenters. The molecule has 1 atom stereocenters. The van der Waals surface area contributed by atoms with E-state index >= 15 is 0 Å². The van der Waals surface area contributed by atoms with Crippen LogP contribution in [0.25, 0.3) is 21.0 Å². The lowest BCUT2D eigenvalue weighted by Gasteiger charge is -2.32. The van der Waals surface area contributed by atoms with Gasteiger partial charge in [-0.1, -0.05) is 0 Å². The van der Waals surface area contributed by atoms with Crippen molar-refractivity contribution in [2.24, 2.45) is 5.73 Å². The third-order valence-corrected chi connectivity index (χ3v) is 5.15. The number of benzene rings is 1. The number of anilines is 1. The van der Waals surface area contributed by atoms with E-state index in [1.54, 1.807) is 0 Å². The predicted octanol–water partition coefficient (Wildman–Crippen LogP) is 2.67. The van der Waals surface area contributed by atoms with E-state index in [1.165, 1.54) is 17.0 Å². The van der Waals surface area contributed by atoms with Gasteiger partial charge in [0, 0.05) is 41.1 Å². The van der Waals surface area contributed by atoms with Gasteiger partial charge in [-0.2, -0.15) is 0 Å². The summed E-state index contributed by atoms with van der Waals surface area (Å²) in [6.45, 7) is 1.96. The van der Waals surface area contributed by atoms with Crippen molar-refractivity contribution in [3.63, 3.8) is 0 Å². The van der Waals surface area contributed by atoms with Crippen molar-refractivity contribution in [2.45, 2.75) is 18.9 Å². The van der Waals surface area contributed by atoms with E-state index in [0.717, 1.165) is 46.9 Å². The number of hydrogen-bond donors (Lipinski definition) is 2. The van der Waals surface area contributed by atoms with Gasteiger partial charge >= 0.3 is 0 Å². The van der Waals surface area contributed by atoms with Crippen LogP contribution < -0.4 is 16.2 Å². The molecule has 4 rings (SSSR count). The molecule has 1 aliphatic rings. The normalized spacial score (nSPS) is 19.5. The fraction of sp³-hybridized carbons (Fsp3) is 0.312. The number of piperidine rings is 1. The van der Waals surface area contributed by atoms with Gasteiger partial charge in [0.2, 0.25) is 0 Å². The second kappa shape index (κ2) is 4.86. The van der Waals surface area contributed by atoms with Gasteiger partial charge in [0.15, 0.2) is 0 Å². The standard InChI is InChI=1S/C16H17N3OS/c17-10-2-1-6-19(9-10)11-3-4-14-13(8-11)12-5-7-21-15(12)16(20)18-14/h3-5,7-8,10H,1-2,6,9,17H2,(H,18,20). The highest BCUT2D eigenvalue weighted by atomic mass is 32.1. The molecule has 21 heavy (non-hydrogen) atoms. The molecule has 3 aromatic rings. The summed E-state index contributed by atoms with van der Waals surface area (Å²) in [5.41, 5.74) is 8.17. The molecule has 0 spiro atoms. The maximum Gasteiger partial charge on any atom is 0.266 e. The maximum absolute atomic E-state index is 12.0. The van der Waals surface area contributed by atoms with E-state index in [-0.39, 0.29) is 11.6 Å². The number of H-pyrrole nitrogens is 1. The summed E-state index contributed by atoms with van der Waals surface area (Å²) in [7, 11) is 0. The Bertz CT molecular complexity index is 867. The minimum Gasteiger partial charge on any atom is -0.370 e. The molecule has 0 radical (unpaired) electrons. The van der Waals surface area contributed by atoms with Crippen LogP contribution in [0.5, 0.6) is 0 Å². The Balaban J connectivity index is 1.89. The molecule has 3 heterocycles. The van der Waals surface area contributed by atoms with Crippen LogP contribution in [0.3, 0.4) is 0 Å². The highest BCUT2D eigenvalue weighted by Crippen LogP contribution is 2.29. The van der Waals surface area contributed by atoms with E-state index in [0.29, 0.717) is 0 Å². The zero-order valence-corrected chi connectivity index (χ0v) is 12.5. The Morgan fingerprint density at radius 2 is 2.19 bits per heavy atom. The molecular formula is C16H17N3OS. The van der Waals surface area contributed by atoms with E-state index in [1.807, 2.05) is 17.5 Å². The zero-order chi connectivity index (χ0) is 14.4. The predicted molar refractivity (Wildman–Crippen MR) is 89.4 cm³/mol. The van der Waals surface area contributed by atoms with Crippen molar-refractivity contribution in [1.82, 2.24) is 4.98 Å². The first-order valence-electron chi connectivity index (χ1n) is 7.26. The Morgan fingerprint density at radius 1 is 1.29 bits per heavy atom. The van der Waals surface area contributed by atoms with Crippen LogP contribution in [0.1, 0.15) is 12.8 Å². The van der Waals surface area contributed by atoms with Gasteiger partial charge < -0.3 is 15.6 Å². The Labute approximate surface area is 126 Å². The van der Waals surface area contributed by atoms with Crippen molar-refractivity contribution in [3.05, 3.63) is 40.0 Å². The number of nitrogens with zero attached hydrogens (tertiary/aromatic N) is 1. The highest BCUT2D eigenvalue weighted by molar-refractivity contribution is 7.17. The van der Waals surface area contributed by atoms with Crippen LogP contribution >= 0.6 is 11.3 Å². The Morgan fingerprint density at radius 3 is 3.05 bits per heavy atom. The molecule has 2 aromatic heterocycles. The quantitative estimate of drug-likeness (QED) is 0.726. The minimum absolute atomic E-state index is 0.000227. The van der Waals surface area contributed by atoms with Gasteiger partial charge in [0.1, 0.15) is 4.70 Å². The van der Waals surface area contributed by atoms with E-state index < -0.39 is 0 Å². The number of aromatic nitrogens is 1. The average Bonchev–Trinajstić information content (AvgIpc) is 2.97. The monoisotopic (exact) mass is 299 g/mol. The number of pyridine rings is 1. The van der Waals surface area contributed by atoms with E-state index in [9.17, 15) is 4.79 Å². The third kappa shape index (κ3) is 2.13. The first-order valence-corrected chi connectivity index (χ1v) is 8.14. The van der Waals surface area contributed by atoms with Crippen molar-refractivity contribution >= 4 is 38.0 Å². The summed E-state index contributed by atoms with van der Waals surface area (Å²) in [4.78, 5) is 17.3. The summed E-state index contributed by atoms with van der Waals surface area (Å²) in [5, 5.41) is 4.13. The smallest absolute Gasteiger partial charge is 0.266 e. The van der Waals surface area contributed by atoms with Gasteiger partial charge in [0.05, 0.1) is 0 Å². The summed E-state index contributed by atoms with van der Waals surface area (Å²) in [6.07, 6.45) is 2.24. The van der Waals surface area contributed by atoms with Gasteiger partial charge in [-0.25, -0.2) is 0 Å². The summed E-state index contributed by atoms with van der Waals surface area (Å²) in [5.74, 6) is 0. The Kier molecular flexibility index (Phi) is 2.97. The van der Waals surface area contributed by atoms with E-state index in [4.69, 9.17) is 5.73 Å². The highest BCUT2D eigenvalue weighted by Gasteiger charge is 2.17. The number of thiophene rings is 1. The SMILES string of the molecule is NC1CCCN(c2ccc3[nH]c(=O)c4sccc4c3c2)C1. The molecule has 4 nitrogen and oxygen atoms in total. The topological polar surface area (TPSA) is 62.1 Å². The van der Waals surface area contributed by atoms with Crippen LogP contribution in [0, 0.1) is 0 Å². The fourth-order valence-corrected chi connectivity index (χ4v) is 3.98. The fourth-order valence-electron chi connectivity index (χ4n) is 3.18. The molecule has 0 aliphatic carbocycles. The third-order valence-electron chi connectivity index (χ3n) is 4.24. The van der Waals surface area contributed by atoms with Gasteiger partial charge in [-0.15, -0.1) is 11.3 Å². The first-order chi connectivity index (χ1) is 10.2. The second-order valence-electron chi connectivity index (χ2n) is 5.70. The molecule has 0 bridgehead atoms. The molecule has 0 amide bonds. The number of nitrogens with one attached hydrogen (secondary N) is 1. The maximum atomic E-state index is 12.0. The minimum atomic E-state index is 0.000227. The summed E-state index contributed by atoms with van der Waals surface area (Å²) < 4.78 is 0.801. The Hall–Kier alpha value is -1.85. The van der Waals surface area contributed by atoms with Crippen LogP contribution in [0.2, 0.25) is 0 Å². The summed E-state index contributed by atoms with van der Waals surface area (Å²) >= 11 is 1.49. The molecular weight excluding hydrogens is 282 g/mol. The lowest BCUT2D eigenvalue weighted by Crippen LogP contribution is -2.42. The van der Waals surface area contributed by atoms with Crippen molar-refractivity contribution < 1.29 is 0 Å². The first kappa shape index (κ1) is 12.9. The molecule has 108 valence electrons. The van der Waals surface area contributed by atoms with Gasteiger partial charge in [0.25, 0.3) is 5.56 Å². The number of nitrogens with two attached hydrogens (primary N) is 1. The molecule has 1 fully saturated rings. The molecule has 3 N–H and O–H groups in total. The van der Waals surface area contributed by atoms with Gasteiger partial charge in [-0.05, 0) is 42.5 Å². The molecule has 1 aromatic carbocycles. The van der Waals surface area contributed by atoms with Crippen LogP contribution in [0.4, 0.5) is 5.69 Å². The summed E-state index contributed by atoms with van der Waals surface area (Å²) in [6, 6.07) is 8.55. The lowest BCUT2D eigenvalue weighted by molar-refractivity contribution is 0.506. The second-order valence-corrected chi connectivity index (χ2v) is 6.61. The van der Waals surface area contributed by atoms with Gasteiger partial charge in [-0.3, -0.25) is 4.79 Å². The van der Waals surface area contributed by atoms with Crippen molar-refractivity contribution in [3.8, 4) is 0 Å². The molecule has 0 saturated carbocycles. The molecule has 5 heteroatoms. The van der Waals surface area contributed by atoms with Crippen molar-refractivity contribution in [1.29, 1.82) is 0 Å². The number of aromatic amines is 1.